The Balaban J connectivity index is 2.44. The molecule has 0 N–H and O–H groups in total. The van der Waals surface area contributed by atoms with Crippen molar-refractivity contribution in [1.82, 2.24) is 29.5 Å². The predicted molar refractivity (Wildman–Crippen MR) is 50.6 cm³/mol. The number of aryl methyl sites for hydroxylation is 1. The minimum atomic E-state index is -4.70. The molecule has 0 spiro atoms. The monoisotopic (exact) mass is 260 g/mol. The van der Waals surface area contributed by atoms with Crippen molar-refractivity contribution >= 4 is 6.03 Å². The highest BCUT2D eigenvalue weighted by Crippen LogP contribution is 2.26. The van der Waals surface area contributed by atoms with E-state index in [1.54, 1.807) is 6.92 Å². The lowest BCUT2D eigenvalue weighted by molar-refractivity contribution is -0.144. The van der Waals surface area contributed by atoms with Crippen LogP contribution >= 0.6 is 0 Å². The molecular formula is C8H7F3N6O. The molecule has 0 saturated carbocycles. The molecule has 0 aliphatic carbocycles. The Hall–Kier alpha value is -2.26. The van der Waals surface area contributed by atoms with E-state index in [-0.39, 0.29) is 12.2 Å². The van der Waals surface area contributed by atoms with Crippen LogP contribution in [0.3, 0.4) is 0 Å². The van der Waals surface area contributed by atoms with Gasteiger partial charge >= 0.3 is 12.2 Å². The first-order valence-electron chi connectivity index (χ1n) is 4.86. The Labute approximate surface area is 98.3 Å². The summed E-state index contributed by atoms with van der Waals surface area (Å²) in [5, 5.41) is 6.68. The summed E-state index contributed by atoms with van der Waals surface area (Å²) < 4.78 is 38.7. The number of aromatic nitrogens is 6. The van der Waals surface area contributed by atoms with Crippen LogP contribution in [0.4, 0.5) is 18.0 Å². The maximum Gasteiger partial charge on any atom is 0.453 e. The highest BCUT2D eigenvalue weighted by Gasteiger charge is 2.37. The lowest BCUT2D eigenvalue weighted by Crippen LogP contribution is -2.23. The highest BCUT2D eigenvalue weighted by atomic mass is 19.4. The number of hydrogen-bond acceptors (Lipinski definition) is 5. The molecule has 0 aliphatic heterocycles. The van der Waals surface area contributed by atoms with Gasteiger partial charge in [-0.25, -0.2) is 14.8 Å². The van der Waals surface area contributed by atoms with Gasteiger partial charge in [0, 0.05) is 6.42 Å². The van der Waals surface area contributed by atoms with Gasteiger partial charge in [0.05, 0.1) is 0 Å². The molecule has 0 unspecified atom stereocenters. The number of carbonyl (C=O) groups excluding carboxylic acids is 1. The molecule has 10 heteroatoms. The van der Waals surface area contributed by atoms with Crippen molar-refractivity contribution in [3.63, 3.8) is 0 Å². The highest BCUT2D eigenvalue weighted by molar-refractivity contribution is 5.77. The molecule has 2 heterocycles. The van der Waals surface area contributed by atoms with Gasteiger partial charge in [0.25, 0.3) is 5.82 Å². The Bertz CT molecular complexity index is 558. The summed E-state index contributed by atoms with van der Waals surface area (Å²) in [5.74, 6) is -1.45. The van der Waals surface area contributed by atoms with E-state index in [0.29, 0.717) is 4.68 Å². The van der Waals surface area contributed by atoms with Crippen LogP contribution in [0.25, 0.3) is 0 Å². The second kappa shape index (κ2) is 4.20. The van der Waals surface area contributed by atoms with Gasteiger partial charge in [-0.05, 0) is 0 Å². The number of halogens is 3. The van der Waals surface area contributed by atoms with E-state index in [1.165, 1.54) is 0 Å². The molecule has 96 valence electrons. The van der Waals surface area contributed by atoms with Crippen molar-refractivity contribution < 1.29 is 18.0 Å². The standard InChI is InChI=1S/C8H7F3N6O/c1-2-5-14-6(8(9,10)11)15-17(5)7(18)16-4-12-3-13-16/h3-4H,2H2,1H3. The predicted octanol–water partition coefficient (Wildman–Crippen LogP) is 0.967. The van der Waals surface area contributed by atoms with E-state index in [1.807, 2.05) is 0 Å². The Morgan fingerprint density at radius 1 is 1.44 bits per heavy atom. The van der Waals surface area contributed by atoms with Gasteiger partial charge in [-0.2, -0.15) is 27.6 Å². The van der Waals surface area contributed by atoms with E-state index < -0.39 is 18.0 Å². The van der Waals surface area contributed by atoms with Crippen molar-refractivity contribution in [2.45, 2.75) is 19.5 Å². The number of rotatable bonds is 1. The van der Waals surface area contributed by atoms with Crippen LogP contribution < -0.4 is 0 Å². The van der Waals surface area contributed by atoms with Crippen molar-refractivity contribution in [1.29, 1.82) is 0 Å². The van der Waals surface area contributed by atoms with Gasteiger partial charge in [-0.3, -0.25) is 0 Å². The van der Waals surface area contributed by atoms with Crippen molar-refractivity contribution in [3.8, 4) is 0 Å². The fraction of sp³-hybridized carbons (Fsp3) is 0.375. The first-order chi connectivity index (χ1) is 8.43. The van der Waals surface area contributed by atoms with Crippen LogP contribution in [0.15, 0.2) is 12.7 Å². The number of alkyl halides is 3. The third-order valence-corrected chi connectivity index (χ3v) is 2.04. The summed E-state index contributed by atoms with van der Waals surface area (Å²) >= 11 is 0. The molecule has 7 nitrogen and oxygen atoms in total. The summed E-state index contributed by atoms with van der Waals surface area (Å²) in [7, 11) is 0. The van der Waals surface area contributed by atoms with E-state index in [9.17, 15) is 18.0 Å². The Morgan fingerprint density at radius 3 is 2.67 bits per heavy atom. The van der Waals surface area contributed by atoms with E-state index in [2.05, 4.69) is 20.2 Å². The topological polar surface area (TPSA) is 78.5 Å². The molecular weight excluding hydrogens is 253 g/mol. The average molecular weight is 260 g/mol. The number of hydrogen-bond donors (Lipinski definition) is 0. The maximum atomic E-state index is 12.4. The fourth-order valence-electron chi connectivity index (χ4n) is 1.25. The van der Waals surface area contributed by atoms with Crippen LogP contribution in [-0.2, 0) is 12.6 Å². The average Bonchev–Trinajstić information content (AvgIpc) is 2.96. The van der Waals surface area contributed by atoms with Crippen LogP contribution in [0.1, 0.15) is 18.6 Å². The lowest BCUT2D eigenvalue weighted by Gasteiger charge is -2.01. The molecule has 0 fully saturated rings. The molecule has 0 bridgehead atoms. The molecule has 2 rings (SSSR count). The molecule has 2 aromatic heterocycles. The van der Waals surface area contributed by atoms with E-state index in [0.717, 1.165) is 17.3 Å². The molecule has 0 radical (unpaired) electrons. The summed E-state index contributed by atoms with van der Waals surface area (Å²) in [6.45, 7) is 1.56. The zero-order valence-electron chi connectivity index (χ0n) is 9.09. The second-order valence-electron chi connectivity index (χ2n) is 3.24. The fourth-order valence-corrected chi connectivity index (χ4v) is 1.25. The molecule has 0 aromatic carbocycles. The summed E-state index contributed by atoms with van der Waals surface area (Å²) in [4.78, 5) is 18.6. The molecule has 0 amide bonds. The van der Waals surface area contributed by atoms with Gasteiger partial charge in [0.1, 0.15) is 18.5 Å². The summed E-state index contributed by atoms with van der Waals surface area (Å²) in [6.07, 6.45) is -2.41. The summed E-state index contributed by atoms with van der Waals surface area (Å²) in [5.41, 5.74) is 0. The third kappa shape index (κ3) is 2.08. The van der Waals surface area contributed by atoms with Crippen LogP contribution in [0.2, 0.25) is 0 Å². The molecule has 0 saturated heterocycles. The van der Waals surface area contributed by atoms with Gasteiger partial charge in [-0.1, -0.05) is 6.92 Å². The van der Waals surface area contributed by atoms with Gasteiger partial charge in [0.2, 0.25) is 0 Å². The van der Waals surface area contributed by atoms with Crippen LogP contribution in [0, 0.1) is 0 Å². The molecule has 0 atom stereocenters. The van der Waals surface area contributed by atoms with Crippen LogP contribution in [0.5, 0.6) is 0 Å². The quantitative estimate of drug-likeness (QED) is 0.763. The van der Waals surface area contributed by atoms with Crippen LogP contribution in [-0.4, -0.2) is 35.6 Å². The molecule has 0 aliphatic rings. The van der Waals surface area contributed by atoms with Crippen molar-refractivity contribution in [2.24, 2.45) is 0 Å². The first kappa shape index (κ1) is 12.2. The SMILES string of the molecule is CCc1nc(C(F)(F)F)nn1C(=O)n1cncn1. The minimum Gasteiger partial charge on any atom is -0.243 e. The normalized spacial score (nSPS) is 11.8. The van der Waals surface area contributed by atoms with Crippen molar-refractivity contribution in [2.75, 3.05) is 0 Å². The Morgan fingerprint density at radius 2 is 2.17 bits per heavy atom. The number of carbonyl (C=O) groups is 1. The zero-order chi connectivity index (χ0) is 13.3. The second-order valence-corrected chi connectivity index (χ2v) is 3.24. The van der Waals surface area contributed by atoms with Gasteiger partial charge in [-0.15, -0.1) is 5.10 Å². The summed E-state index contributed by atoms with van der Waals surface area (Å²) in [6, 6.07) is -0.868. The maximum absolute atomic E-state index is 12.4. The third-order valence-electron chi connectivity index (χ3n) is 2.04. The lowest BCUT2D eigenvalue weighted by atomic mass is 10.4. The largest absolute Gasteiger partial charge is 0.453 e. The number of nitrogens with zero attached hydrogens (tertiary/aromatic N) is 6. The minimum absolute atomic E-state index is 0.0946. The molecule has 2 aromatic rings. The van der Waals surface area contributed by atoms with Gasteiger partial charge in [0.15, 0.2) is 0 Å². The molecule has 18 heavy (non-hydrogen) atoms. The first-order valence-corrected chi connectivity index (χ1v) is 4.86. The van der Waals surface area contributed by atoms with Gasteiger partial charge < -0.3 is 0 Å². The zero-order valence-corrected chi connectivity index (χ0v) is 9.09. The Kier molecular flexibility index (Phi) is 2.85. The smallest absolute Gasteiger partial charge is 0.243 e. The van der Waals surface area contributed by atoms with Crippen molar-refractivity contribution in [3.05, 3.63) is 24.3 Å². The van der Waals surface area contributed by atoms with E-state index in [4.69, 9.17) is 0 Å². The van der Waals surface area contributed by atoms with E-state index >= 15 is 0 Å².